The van der Waals surface area contributed by atoms with Crippen molar-refractivity contribution in [3.05, 3.63) is 54.1 Å². The van der Waals surface area contributed by atoms with Crippen LogP contribution in [0.25, 0.3) is 16.7 Å². The number of imidazole rings is 1. The molecule has 6 heteroatoms. The zero-order chi connectivity index (χ0) is 13.4. The molecule has 0 amide bonds. The molecule has 3 rings (SSSR count). The lowest BCUT2D eigenvalue weighted by atomic mass is 10.2. The van der Waals surface area contributed by atoms with Gasteiger partial charge in [-0.3, -0.25) is 9.55 Å². The predicted molar refractivity (Wildman–Crippen MR) is 68.3 cm³/mol. The van der Waals surface area contributed by atoms with Crippen LogP contribution in [0.4, 0.5) is 8.78 Å². The van der Waals surface area contributed by atoms with E-state index in [-0.39, 0.29) is 11.6 Å². The van der Waals surface area contributed by atoms with E-state index in [9.17, 15) is 8.78 Å². The molecule has 0 unspecified atom stereocenters. The van der Waals surface area contributed by atoms with Crippen molar-refractivity contribution in [2.45, 2.75) is 5.88 Å². The SMILES string of the molecule is Fc1ccc(-n2c(CCl)nc3cnccc32)c(F)c1. The van der Waals surface area contributed by atoms with Gasteiger partial charge < -0.3 is 0 Å². The van der Waals surface area contributed by atoms with Crippen LogP contribution < -0.4 is 0 Å². The third-order valence-corrected chi connectivity index (χ3v) is 3.04. The highest BCUT2D eigenvalue weighted by Crippen LogP contribution is 2.24. The van der Waals surface area contributed by atoms with Crippen molar-refractivity contribution in [1.82, 2.24) is 14.5 Å². The maximum Gasteiger partial charge on any atom is 0.150 e. The number of hydrogen-bond donors (Lipinski definition) is 0. The van der Waals surface area contributed by atoms with Crippen LogP contribution >= 0.6 is 11.6 Å². The first-order chi connectivity index (χ1) is 9.20. The summed E-state index contributed by atoms with van der Waals surface area (Å²) in [6.45, 7) is 0. The molecule has 0 radical (unpaired) electrons. The van der Waals surface area contributed by atoms with Crippen LogP contribution in [-0.2, 0) is 5.88 Å². The van der Waals surface area contributed by atoms with Crippen molar-refractivity contribution in [2.75, 3.05) is 0 Å². The van der Waals surface area contributed by atoms with Gasteiger partial charge in [0.05, 0.1) is 23.3 Å². The number of hydrogen-bond acceptors (Lipinski definition) is 2. The number of nitrogens with zero attached hydrogens (tertiary/aromatic N) is 3. The van der Waals surface area contributed by atoms with Crippen molar-refractivity contribution in [3.8, 4) is 5.69 Å². The highest BCUT2D eigenvalue weighted by Gasteiger charge is 2.15. The van der Waals surface area contributed by atoms with Gasteiger partial charge >= 0.3 is 0 Å². The van der Waals surface area contributed by atoms with Crippen LogP contribution in [0.3, 0.4) is 0 Å². The summed E-state index contributed by atoms with van der Waals surface area (Å²) in [5.74, 6) is -0.691. The van der Waals surface area contributed by atoms with Gasteiger partial charge in [0.2, 0.25) is 0 Å². The van der Waals surface area contributed by atoms with Gasteiger partial charge in [0.15, 0.2) is 0 Å². The number of halogens is 3. The fourth-order valence-electron chi connectivity index (χ4n) is 2.00. The van der Waals surface area contributed by atoms with Crippen molar-refractivity contribution in [2.24, 2.45) is 0 Å². The fraction of sp³-hybridized carbons (Fsp3) is 0.0769. The first-order valence-corrected chi connectivity index (χ1v) is 6.07. The monoisotopic (exact) mass is 279 g/mol. The molecule has 3 aromatic rings. The summed E-state index contributed by atoms with van der Waals surface area (Å²) in [5.41, 5.74) is 1.50. The van der Waals surface area contributed by atoms with Gasteiger partial charge in [-0.1, -0.05) is 0 Å². The predicted octanol–water partition coefficient (Wildman–Crippen LogP) is 3.44. The molecule has 0 fully saturated rings. The largest absolute Gasteiger partial charge is 0.292 e. The average Bonchev–Trinajstić information content (AvgIpc) is 2.77. The Balaban J connectivity index is 2.34. The molecular formula is C13H8ClF2N3. The molecule has 96 valence electrons. The van der Waals surface area contributed by atoms with E-state index in [0.717, 1.165) is 6.07 Å². The zero-order valence-electron chi connectivity index (χ0n) is 9.65. The Hall–Kier alpha value is -2.01. The highest BCUT2D eigenvalue weighted by atomic mass is 35.5. The molecule has 0 bridgehead atoms. The molecule has 2 aromatic heterocycles. The van der Waals surface area contributed by atoms with Crippen LogP contribution in [-0.4, -0.2) is 14.5 Å². The first kappa shape index (κ1) is 12.0. The number of pyridine rings is 1. The van der Waals surface area contributed by atoms with Gasteiger partial charge in [-0.25, -0.2) is 13.8 Å². The molecule has 0 atom stereocenters. The van der Waals surface area contributed by atoms with E-state index in [0.29, 0.717) is 16.9 Å². The van der Waals surface area contributed by atoms with Gasteiger partial charge in [-0.15, -0.1) is 11.6 Å². The second-order valence-electron chi connectivity index (χ2n) is 3.96. The summed E-state index contributed by atoms with van der Waals surface area (Å²) in [5, 5.41) is 0. The third-order valence-electron chi connectivity index (χ3n) is 2.80. The lowest BCUT2D eigenvalue weighted by molar-refractivity contribution is 0.577. The Morgan fingerprint density at radius 3 is 2.79 bits per heavy atom. The average molecular weight is 280 g/mol. The number of benzene rings is 1. The number of rotatable bonds is 2. The summed E-state index contributed by atoms with van der Waals surface area (Å²) in [4.78, 5) is 8.24. The van der Waals surface area contributed by atoms with Crippen molar-refractivity contribution in [3.63, 3.8) is 0 Å². The minimum Gasteiger partial charge on any atom is -0.292 e. The van der Waals surface area contributed by atoms with Crippen LogP contribution in [0.2, 0.25) is 0 Å². The maximum absolute atomic E-state index is 13.9. The van der Waals surface area contributed by atoms with E-state index < -0.39 is 11.6 Å². The summed E-state index contributed by atoms with van der Waals surface area (Å²) >= 11 is 5.84. The fourth-order valence-corrected chi connectivity index (χ4v) is 2.18. The smallest absolute Gasteiger partial charge is 0.150 e. The molecule has 0 saturated carbocycles. The first-order valence-electron chi connectivity index (χ1n) is 5.53. The van der Waals surface area contributed by atoms with E-state index in [1.165, 1.54) is 12.1 Å². The highest BCUT2D eigenvalue weighted by molar-refractivity contribution is 6.17. The molecular weight excluding hydrogens is 272 g/mol. The zero-order valence-corrected chi connectivity index (χ0v) is 10.4. The maximum atomic E-state index is 13.9. The minimum atomic E-state index is -0.664. The molecule has 0 spiro atoms. The van der Waals surface area contributed by atoms with Crippen LogP contribution in [0.15, 0.2) is 36.7 Å². The molecule has 2 heterocycles. The summed E-state index contributed by atoms with van der Waals surface area (Å²) < 4.78 is 28.5. The van der Waals surface area contributed by atoms with Crippen molar-refractivity contribution < 1.29 is 8.78 Å². The van der Waals surface area contributed by atoms with E-state index >= 15 is 0 Å². The van der Waals surface area contributed by atoms with E-state index in [4.69, 9.17) is 11.6 Å². The number of alkyl halides is 1. The Kier molecular flexibility index (Phi) is 2.91. The van der Waals surface area contributed by atoms with Crippen molar-refractivity contribution >= 4 is 22.6 Å². The Labute approximate surface area is 112 Å². The molecule has 0 N–H and O–H groups in total. The standard InChI is InChI=1S/C13H8ClF2N3/c14-6-13-18-10-7-17-4-3-12(10)19(13)11-2-1-8(15)5-9(11)16/h1-5,7H,6H2. The second kappa shape index (κ2) is 4.59. The minimum absolute atomic E-state index is 0.117. The molecule has 1 aromatic carbocycles. The topological polar surface area (TPSA) is 30.7 Å². The van der Waals surface area contributed by atoms with E-state index in [1.54, 1.807) is 23.0 Å². The Bertz CT molecular complexity index is 755. The third kappa shape index (κ3) is 1.96. The second-order valence-corrected chi connectivity index (χ2v) is 4.22. The lowest BCUT2D eigenvalue weighted by Gasteiger charge is -2.08. The quantitative estimate of drug-likeness (QED) is 0.673. The van der Waals surface area contributed by atoms with Gasteiger partial charge in [0.25, 0.3) is 0 Å². The summed E-state index contributed by atoms with van der Waals surface area (Å²) in [7, 11) is 0. The Morgan fingerprint density at radius 2 is 2.05 bits per heavy atom. The molecule has 0 aliphatic heterocycles. The van der Waals surface area contributed by atoms with Gasteiger partial charge in [-0.05, 0) is 18.2 Å². The van der Waals surface area contributed by atoms with Gasteiger partial charge in [0, 0.05) is 12.3 Å². The molecule has 0 aliphatic carbocycles. The van der Waals surface area contributed by atoms with E-state index in [1.807, 2.05) is 0 Å². The van der Waals surface area contributed by atoms with Gasteiger partial charge in [0.1, 0.15) is 23.0 Å². The van der Waals surface area contributed by atoms with Crippen LogP contribution in [0.5, 0.6) is 0 Å². The molecule has 19 heavy (non-hydrogen) atoms. The van der Waals surface area contributed by atoms with Crippen LogP contribution in [0, 0.1) is 11.6 Å². The van der Waals surface area contributed by atoms with Crippen LogP contribution in [0.1, 0.15) is 5.82 Å². The normalized spacial score (nSPS) is 11.1. The number of fused-ring (bicyclic) bond motifs is 1. The molecule has 0 aliphatic rings. The molecule has 3 nitrogen and oxygen atoms in total. The number of aromatic nitrogens is 3. The van der Waals surface area contributed by atoms with E-state index in [2.05, 4.69) is 9.97 Å². The molecule has 0 saturated heterocycles. The summed E-state index contributed by atoms with van der Waals surface area (Å²) in [6, 6.07) is 5.10. The van der Waals surface area contributed by atoms with Crippen molar-refractivity contribution in [1.29, 1.82) is 0 Å². The lowest BCUT2D eigenvalue weighted by Crippen LogP contribution is -2.02. The summed E-state index contributed by atoms with van der Waals surface area (Å²) in [6.07, 6.45) is 3.16. The Morgan fingerprint density at radius 1 is 1.21 bits per heavy atom. The van der Waals surface area contributed by atoms with Gasteiger partial charge in [-0.2, -0.15) is 0 Å².